The molecule has 1 fully saturated rings. The Morgan fingerprint density at radius 3 is 2.47 bits per heavy atom. The van der Waals surface area contributed by atoms with Crippen LogP contribution < -0.4 is 10.6 Å². The van der Waals surface area contributed by atoms with Crippen LogP contribution >= 0.6 is 0 Å². The monoisotopic (exact) mass is 273 g/mol. The molecule has 2 atom stereocenters. The van der Waals surface area contributed by atoms with Gasteiger partial charge in [0, 0.05) is 25.7 Å². The summed E-state index contributed by atoms with van der Waals surface area (Å²) in [6, 6.07) is -1.31. The zero-order valence-corrected chi connectivity index (χ0v) is 11.5. The average molecular weight is 273 g/mol. The largest absolute Gasteiger partial charge is 0.480 e. The van der Waals surface area contributed by atoms with Crippen LogP contribution in [0, 0.1) is 0 Å². The highest BCUT2D eigenvalue weighted by Crippen LogP contribution is 1.98. The molecule has 0 aromatic rings. The van der Waals surface area contributed by atoms with Crippen LogP contribution in [0.2, 0.25) is 0 Å². The van der Waals surface area contributed by atoms with Crippen molar-refractivity contribution in [2.45, 2.75) is 32.4 Å². The minimum atomic E-state index is -1.02. The molecule has 1 aliphatic rings. The predicted molar refractivity (Wildman–Crippen MR) is 70.1 cm³/mol. The van der Waals surface area contributed by atoms with Gasteiger partial charge in [0.25, 0.3) is 0 Å². The number of urea groups is 1. The summed E-state index contributed by atoms with van der Waals surface area (Å²) in [5.74, 6) is -1.02. The van der Waals surface area contributed by atoms with Gasteiger partial charge in [-0.25, -0.2) is 9.59 Å². The molecule has 0 saturated carbocycles. The van der Waals surface area contributed by atoms with Crippen molar-refractivity contribution in [3.8, 4) is 0 Å². The molecule has 0 radical (unpaired) electrons. The minimum absolute atomic E-state index is 0.0376. The number of amides is 2. The topological polar surface area (TPSA) is 90.9 Å². The molecular formula is C12H23N3O4. The lowest BCUT2D eigenvalue weighted by Crippen LogP contribution is -2.51. The number of carbonyl (C=O) groups is 2. The van der Waals surface area contributed by atoms with E-state index in [1.54, 1.807) is 6.92 Å². The summed E-state index contributed by atoms with van der Waals surface area (Å²) >= 11 is 0. The third-order valence-electron chi connectivity index (χ3n) is 3.02. The molecule has 1 aliphatic heterocycles. The molecule has 0 aromatic carbocycles. The lowest BCUT2D eigenvalue weighted by Gasteiger charge is -2.29. The van der Waals surface area contributed by atoms with E-state index in [2.05, 4.69) is 15.5 Å². The second-order valence-electron chi connectivity index (χ2n) is 4.73. The van der Waals surface area contributed by atoms with Gasteiger partial charge in [0.2, 0.25) is 0 Å². The van der Waals surface area contributed by atoms with Gasteiger partial charge in [-0.15, -0.1) is 0 Å². The molecule has 110 valence electrons. The molecule has 0 spiro atoms. The fourth-order valence-corrected chi connectivity index (χ4v) is 1.98. The first kappa shape index (κ1) is 15.7. The van der Waals surface area contributed by atoms with Gasteiger partial charge in [-0.3, -0.25) is 4.90 Å². The number of rotatable bonds is 6. The van der Waals surface area contributed by atoms with Crippen LogP contribution in [0.4, 0.5) is 4.79 Å². The smallest absolute Gasteiger partial charge is 0.326 e. The summed E-state index contributed by atoms with van der Waals surface area (Å²) in [5, 5.41) is 14.0. The zero-order chi connectivity index (χ0) is 14.3. The van der Waals surface area contributed by atoms with Crippen molar-refractivity contribution >= 4 is 12.0 Å². The first-order valence-electron chi connectivity index (χ1n) is 6.62. The molecule has 7 heteroatoms. The first-order chi connectivity index (χ1) is 9.02. The summed E-state index contributed by atoms with van der Waals surface area (Å²) in [5.41, 5.74) is 0. The molecule has 0 aromatic heterocycles. The second kappa shape index (κ2) is 7.96. The molecule has 2 unspecified atom stereocenters. The number of hydrogen-bond donors (Lipinski definition) is 3. The van der Waals surface area contributed by atoms with Gasteiger partial charge in [0.05, 0.1) is 13.2 Å². The van der Waals surface area contributed by atoms with Gasteiger partial charge in [-0.2, -0.15) is 0 Å². The predicted octanol–water partition coefficient (Wildman–Crippen LogP) is -0.130. The van der Waals surface area contributed by atoms with E-state index in [0.717, 1.165) is 32.8 Å². The summed E-state index contributed by atoms with van der Waals surface area (Å²) in [7, 11) is 0. The van der Waals surface area contributed by atoms with Gasteiger partial charge < -0.3 is 20.5 Å². The fraction of sp³-hybridized carbons (Fsp3) is 0.833. The maximum Gasteiger partial charge on any atom is 0.326 e. The van der Waals surface area contributed by atoms with Crippen molar-refractivity contribution in [2.24, 2.45) is 0 Å². The van der Waals surface area contributed by atoms with E-state index in [1.807, 2.05) is 6.92 Å². The van der Waals surface area contributed by atoms with Crippen LogP contribution in [0.25, 0.3) is 0 Å². The summed E-state index contributed by atoms with van der Waals surface area (Å²) in [6.45, 7) is 7.51. The summed E-state index contributed by atoms with van der Waals surface area (Å²) in [4.78, 5) is 24.7. The second-order valence-corrected chi connectivity index (χ2v) is 4.73. The van der Waals surface area contributed by atoms with E-state index in [9.17, 15) is 9.59 Å². The average Bonchev–Trinajstić information content (AvgIpc) is 2.36. The van der Waals surface area contributed by atoms with Crippen molar-refractivity contribution in [1.29, 1.82) is 0 Å². The van der Waals surface area contributed by atoms with Crippen LogP contribution in [0.1, 0.15) is 20.3 Å². The van der Waals surface area contributed by atoms with Gasteiger partial charge in [-0.05, 0) is 13.3 Å². The van der Waals surface area contributed by atoms with Crippen LogP contribution in [0.15, 0.2) is 0 Å². The van der Waals surface area contributed by atoms with Gasteiger partial charge in [0.15, 0.2) is 0 Å². The van der Waals surface area contributed by atoms with E-state index < -0.39 is 18.0 Å². The molecule has 1 rings (SSSR count). The van der Waals surface area contributed by atoms with Gasteiger partial charge in [-0.1, -0.05) is 6.92 Å². The molecule has 7 nitrogen and oxygen atoms in total. The number of carboxylic acid groups (broad SMARTS) is 1. The van der Waals surface area contributed by atoms with Crippen molar-refractivity contribution in [1.82, 2.24) is 15.5 Å². The van der Waals surface area contributed by atoms with E-state index in [-0.39, 0.29) is 6.04 Å². The molecule has 3 N–H and O–H groups in total. The molecule has 0 aliphatic carbocycles. The van der Waals surface area contributed by atoms with Crippen LogP contribution in [-0.4, -0.2) is 66.9 Å². The fourth-order valence-electron chi connectivity index (χ4n) is 1.98. The number of hydrogen-bond acceptors (Lipinski definition) is 4. The highest BCUT2D eigenvalue weighted by Gasteiger charge is 2.19. The van der Waals surface area contributed by atoms with Gasteiger partial charge >= 0.3 is 12.0 Å². The molecule has 0 bridgehead atoms. The van der Waals surface area contributed by atoms with Crippen LogP contribution in [-0.2, 0) is 9.53 Å². The molecule has 1 saturated heterocycles. The van der Waals surface area contributed by atoms with Crippen molar-refractivity contribution in [3.05, 3.63) is 0 Å². The lowest BCUT2D eigenvalue weighted by molar-refractivity contribution is -0.139. The number of morpholine rings is 1. The number of nitrogens with zero attached hydrogens (tertiary/aromatic N) is 1. The molecule has 1 heterocycles. The standard InChI is InChI=1S/C12H23N3O4/c1-3-10(11(16)17)14-12(18)13-9(2)8-15-4-6-19-7-5-15/h9-10H,3-8H2,1-2H3,(H,16,17)(H2,13,14,18). The normalized spacial score (nSPS) is 19.5. The number of nitrogens with one attached hydrogen (secondary N) is 2. The maximum absolute atomic E-state index is 11.6. The molecule has 2 amide bonds. The van der Waals surface area contributed by atoms with E-state index in [0.29, 0.717) is 6.42 Å². The van der Waals surface area contributed by atoms with Crippen LogP contribution in [0.5, 0.6) is 0 Å². The quantitative estimate of drug-likeness (QED) is 0.627. The Bertz CT molecular complexity index is 305. The summed E-state index contributed by atoms with van der Waals surface area (Å²) in [6.07, 6.45) is 0.362. The third kappa shape index (κ3) is 5.89. The third-order valence-corrected chi connectivity index (χ3v) is 3.02. The Labute approximate surface area is 113 Å². The molecular weight excluding hydrogens is 250 g/mol. The number of carbonyl (C=O) groups excluding carboxylic acids is 1. The SMILES string of the molecule is CCC(NC(=O)NC(C)CN1CCOCC1)C(=O)O. The number of ether oxygens (including phenoxy) is 1. The van der Waals surface area contributed by atoms with Crippen LogP contribution in [0.3, 0.4) is 0 Å². The van der Waals surface area contributed by atoms with E-state index in [1.165, 1.54) is 0 Å². The Morgan fingerprint density at radius 1 is 1.32 bits per heavy atom. The highest BCUT2D eigenvalue weighted by atomic mass is 16.5. The molecule has 19 heavy (non-hydrogen) atoms. The van der Waals surface area contributed by atoms with Crippen molar-refractivity contribution in [3.63, 3.8) is 0 Å². The minimum Gasteiger partial charge on any atom is -0.480 e. The summed E-state index contributed by atoms with van der Waals surface area (Å²) < 4.78 is 5.25. The zero-order valence-electron chi connectivity index (χ0n) is 11.5. The maximum atomic E-state index is 11.6. The van der Waals surface area contributed by atoms with Crippen molar-refractivity contribution < 1.29 is 19.4 Å². The Balaban J connectivity index is 2.28. The number of carboxylic acids is 1. The lowest BCUT2D eigenvalue weighted by atomic mass is 10.2. The highest BCUT2D eigenvalue weighted by molar-refractivity contribution is 5.82. The van der Waals surface area contributed by atoms with E-state index in [4.69, 9.17) is 9.84 Å². The Kier molecular flexibility index (Phi) is 6.58. The van der Waals surface area contributed by atoms with Gasteiger partial charge in [0.1, 0.15) is 6.04 Å². The Morgan fingerprint density at radius 2 is 1.95 bits per heavy atom. The Hall–Kier alpha value is -1.34. The first-order valence-corrected chi connectivity index (χ1v) is 6.62. The number of aliphatic carboxylic acids is 1. The van der Waals surface area contributed by atoms with E-state index >= 15 is 0 Å². The van der Waals surface area contributed by atoms with Crippen molar-refractivity contribution in [2.75, 3.05) is 32.8 Å².